The topological polar surface area (TPSA) is 38.1 Å². The van der Waals surface area contributed by atoms with Crippen LogP contribution in [-0.4, -0.2) is 38.7 Å². The van der Waals surface area contributed by atoms with Crippen molar-refractivity contribution in [3.8, 4) is 5.69 Å². The number of hydrogen-bond acceptors (Lipinski definition) is 3. The van der Waals surface area contributed by atoms with Gasteiger partial charge in [-0.05, 0) is 43.4 Å². The van der Waals surface area contributed by atoms with Crippen LogP contribution >= 0.6 is 11.8 Å². The fourth-order valence-corrected chi connectivity index (χ4v) is 3.96. The predicted molar refractivity (Wildman–Crippen MR) is 98.8 cm³/mol. The van der Waals surface area contributed by atoms with Gasteiger partial charge in [-0.15, -0.1) is 0 Å². The van der Waals surface area contributed by atoms with Gasteiger partial charge in [0.05, 0.1) is 5.25 Å². The minimum atomic E-state index is -0.112. The summed E-state index contributed by atoms with van der Waals surface area (Å²) in [6.07, 6.45) is 6.01. The lowest BCUT2D eigenvalue weighted by molar-refractivity contribution is -0.129. The Morgan fingerprint density at radius 1 is 1.12 bits per heavy atom. The second-order valence-electron chi connectivity index (χ2n) is 6.62. The predicted octanol–water partition coefficient (Wildman–Crippen LogP) is 4.10. The minimum absolute atomic E-state index is 0.112. The SMILES string of the molecule is CC(Sc1nccn1-c1ccc(C(C)C)cc1)C(=O)N1CCCC1. The van der Waals surface area contributed by atoms with Crippen LogP contribution in [0.15, 0.2) is 41.8 Å². The van der Waals surface area contributed by atoms with Crippen LogP contribution in [0.5, 0.6) is 0 Å². The van der Waals surface area contributed by atoms with Gasteiger partial charge in [0.25, 0.3) is 0 Å². The zero-order chi connectivity index (χ0) is 17.1. The molecule has 1 aromatic heterocycles. The van der Waals surface area contributed by atoms with Crippen LogP contribution in [0.3, 0.4) is 0 Å². The highest BCUT2D eigenvalue weighted by Crippen LogP contribution is 2.27. The van der Waals surface area contributed by atoms with Crippen molar-refractivity contribution >= 4 is 17.7 Å². The maximum absolute atomic E-state index is 12.5. The number of imidazole rings is 1. The third-order valence-electron chi connectivity index (χ3n) is 4.49. The Morgan fingerprint density at radius 2 is 1.79 bits per heavy atom. The van der Waals surface area contributed by atoms with Crippen molar-refractivity contribution in [1.29, 1.82) is 0 Å². The standard InChI is InChI=1S/C19H25N3OS/c1-14(2)16-6-8-17(9-7-16)22-13-10-20-19(22)24-15(3)18(23)21-11-4-5-12-21/h6-10,13-15H,4-5,11-12H2,1-3H3. The first-order chi connectivity index (χ1) is 11.6. The smallest absolute Gasteiger partial charge is 0.235 e. The normalized spacial score (nSPS) is 15.9. The average molecular weight is 343 g/mol. The molecule has 128 valence electrons. The van der Waals surface area contributed by atoms with Crippen molar-refractivity contribution in [1.82, 2.24) is 14.5 Å². The fraction of sp³-hybridized carbons (Fsp3) is 0.474. The van der Waals surface area contributed by atoms with E-state index in [2.05, 4.69) is 47.7 Å². The molecule has 0 aliphatic carbocycles. The molecule has 4 nitrogen and oxygen atoms in total. The Bertz CT molecular complexity index is 687. The van der Waals surface area contributed by atoms with Crippen molar-refractivity contribution in [3.63, 3.8) is 0 Å². The average Bonchev–Trinajstić information content (AvgIpc) is 3.26. The zero-order valence-corrected chi connectivity index (χ0v) is 15.4. The number of benzene rings is 1. The number of amides is 1. The van der Waals surface area contributed by atoms with E-state index in [9.17, 15) is 4.79 Å². The number of rotatable bonds is 5. The molecule has 1 saturated heterocycles. The van der Waals surface area contributed by atoms with E-state index in [-0.39, 0.29) is 11.2 Å². The van der Waals surface area contributed by atoms with Crippen molar-refractivity contribution in [2.24, 2.45) is 0 Å². The molecule has 5 heteroatoms. The number of nitrogens with zero attached hydrogens (tertiary/aromatic N) is 3. The van der Waals surface area contributed by atoms with E-state index >= 15 is 0 Å². The van der Waals surface area contributed by atoms with Crippen molar-refractivity contribution in [2.75, 3.05) is 13.1 Å². The summed E-state index contributed by atoms with van der Waals surface area (Å²) < 4.78 is 2.06. The summed E-state index contributed by atoms with van der Waals surface area (Å²) in [4.78, 5) is 18.9. The fourth-order valence-electron chi connectivity index (χ4n) is 3.00. The summed E-state index contributed by atoms with van der Waals surface area (Å²) >= 11 is 1.54. The molecule has 1 unspecified atom stereocenters. The van der Waals surface area contributed by atoms with Crippen molar-refractivity contribution in [3.05, 3.63) is 42.2 Å². The number of aromatic nitrogens is 2. The summed E-state index contributed by atoms with van der Waals surface area (Å²) in [6.45, 7) is 8.16. The number of hydrogen-bond donors (Lipinski definition) is 0. The van der Waals surface area contributed by atoms with Gasteiger partial charge in [0.1, 0.15) is 0 Å². The monoisotopic (exact) mass is 343 g/mol. The number of likely N-dealkylation sites (tertiary alicyclic amines) is 1. The summed E-state index contributed by atoms with van der Waals surface area (Å²) in [6, 6.07) is 8.56. The van der Waals surface area contributed by atoms with Gasteiger partial charge in [0.15, 0.2) is 5.16 Å². The van der Waals surface area contributed by atoms with E-state index in [0.717, 1.165) is 36.8 Å². The first kappa shape index (κ1) is 17.1. The Kier molecular flexibility index (Phi) is 5.29. The first-order valence-corrected chi connectivity index (χ1v) is 9.53. The van der Waals surface area contributed by atoms with E-state index in [0.29, 0.717) is 5.92 Å². The summed E-state index contributed by atoms with van der Waals surface area (Å²) in [5.74, 6) is 0.746. The second kappa shape index (κ2) is 7.43. The highest BCUT2D eigenvalue weighted by Gasteiger charge is 2.25. The second-order valence-corrected chi connectivity index (χ2v) is 7.93. The van der Waals surface area contributed by atoms with Crippen LogP contribution in [0.25, 0.3) is 5.69 Å². The summed E-state index contributed by atoms with van der Waals surface area (Å²) in [7, 11) is 0. The molecule has 0 spiro atoms. The molecule has 1 aliphatic rings. The van der Waals surface area contributed by atoms with Gasteiger partial charge in [-0.1, -0.05) is 37.7 Å². The molecule has 2 heterocycles. The molecular formula is C19H25N3OS. The quantitative estimate of drug-likeness (QED) is 0.767. The van der Waals surface area contributed by atoms with Crippen molar-refractivity contribution in [2.45, 2.75) is 49.9 Å². The molecule has 0 saturated carbocycles. The molecule has 0 N–H and O–H groups in total. The lowest BCUT2D eigenvalue weighted by Crippen LogP contribution is -2.34. The Labute approximate surface area is 148 Å². The number of thioether (sulfide) groups is 1. The largest absolute Gasteiger partial charge is 0.342 e. The highest BCUT2D eigenvalue weighted by molar-refractivity contribution is 8.00. The first-order valence-electron chi connectivity index (χ1n) is 8.65. The van der Waals surface area contributed by atoms with Crippen LogP contribution < -0.4 is 0 Å². The van der Waals surface area contributed by atoms with E-state index in [1.165, 1.54) is 17.3 Å². The molecule has 1 aliphatic heterocycles. The third-order valence-corrected chi connectivity index (χ3v) is 5.56. The van der Waals surface area contributed by atoms with Crippen LogP contribution in [0.1, 0.15) is 45.1 Å². The maximum atomic E-state index is 12.5. The molecule has 1 aromatic carbocycles. The van der Waals surface area contributed by atoms with Gasteiger partial charge in [-0.25, -0.2) is 4.98 Å². The van der Waals surface area contributed by atoms with Crippen LogP contribution in [-0.2, 0) is 4.79 Å². The van der Waals surface area contributed by atoms with Crippen LogP contribution in [0.2, 0.25) is 0 Å². The van der Waals surface area contributed by atoms with Crippen LogP contribution in [0, 0.1) is 0 Å². The highest BCUT2D eigenvalue weighted by atomic mass is 32.2. The molecule has 24 heavy (non-hydrogen) atoms. The molecule has 1 atom stereocenters. The van der Waals surface area contributed by atoms with E-state index in [4.69, 9.17) is 0 Å². The van der Waals surface area contributed by atoms with Gasteiger partial charge in [0, 0.05) is 31.2 Å². The molecule has 1 fully saturated rings. The molecule has 2 aromatic rings. The molecule has 0 bridgehead atoms. The van der Waals surface area contributed by atoms with Gasteiger partial charge in [-0.2, -0.15) is 0 Å². The van der Waals surface area contributed by atoms with Crippen LogP contribution in [0.4, 0.5) is 0 Å². The van der Waals surface area contributed by atoms with Gasteiger partial charge >= 0.3 is 0 Å². The third kappa shape index (κ3) is 3.66. The maximum Gasteiger partial charge on any atom is 0.235 e. The molecule has 0 radical (unpaired) electrons. The number of carbonyl (C=O) groups excluding carboxylic acids is 1. The molecule has 3 rings (SSSR count). The molecule has 1 amide bonds. The summed E-state index contributed by atoms with van der Waals surface area (Å²) in [5.41, 5.74) is 2.41. The van der Waals surface area contributed by atoms with Crippen molar-refractivity contribution < 1.29 is 4.79 Å². The van der Waals surface area contributed by atoms with Gasteiger partial charge in [-0.3, -0.25) is 9.36 Å². The minimum Gasteiger partial charge on any atom is -0.342 e. The summed E-state index contributed by atoms with van der Waals surface area (Å²) in [5, 5.41) is 0.756. The molecular weight excluding hydrogens is 318 g/mol. The Balaban J connectivity index is 1.73. The Morgan fingerprint density at radius 3 is 2.42 bits per heavy atom. The van der Waals surface area contributed by atoms with E-state index < -0.39 is 0 Å². The van der Waals surface area contributed by atoms with E-state index in [1.54, 1.807) is 6.20 Å². The van der Waals surface area contributed by atoms with E-state index in [1.807, 2.05) is 18.0 Å². The Hall–Kier alpha value is -1.75. The zero-order valence-electron chi connectivity index (χ0n) is 14.6. The lowest BCUT2D eigenvalue weighted by atomic mass is 10.0. The van der Waals surface area contributed by atoms with Gasteiger partial charge in [0.2, 0.25) is 5.91 Å². The number of carbonyl (C=O) groups is 1. The lowest BCUT2D eigenvalue weighted by Gasteiger charge is -2.20. The van der Waals surface area contributed by atoms with Gasteiger partial charge < -0.3 is 4.90 Å².